The fourth-order valence-electron chi connectivity index (χ4n) is 2.93. The minimum Gasteiger partial charge on any atom is -0.494 e. The highest BCUT2D eigenvalue weighted by Gasteiger charge is 2.16. The van der Waals surface area contributed by atoms with Crippen molar-refractivity contribution in [2.24, 2.45) is 0 Å². The lowest BCUT2D eigenvalue weighted by molar-refractivity contribution is -0.114. The van der Waals surface area contributed by atoms with Gasteiger partial charge in [0.25, 0.3) is 0 Å². The molecular formula is C26H27FN4O2. The summed E-state index contributed by atoms with van der Waals surface area (Å²) < 4.78 is 121. The second kappa shape index (κ2) is 10.7. The molecule has 0 aliphatic heterocycles. The Labute approximate surface area is 211 Å². The van der Waals surface area contributed by atoms with Crippen LogP contribution in [0.3, 0.4) is 0 Å². The van der Waals surface area contributed by atoms with Gasteiger partial charge < -0.3 is 15.0 Å². The predicted molar refractivity (Wildman–Crippen MR) is 128 cm³/mol. The van der Waals surface area contributed by atoms with Gasteiger partial charge in [-0.1, -0.05) is 6.08 Å². The first-order chi connectivity index (χ1) is 20.9. The number of carbonyl (C=O) groups excluding carboxylic acids is 1. The molecule has 0 spiro atoms. The van der Waals surface area contributed by atoms with Crippen LogP contribution in [-0.2, 0) is 11.2 Å². The van der Waals surface area contributed by atoms with Gasteiger partial charge in [0, 0.05) is 52.8 Å². The van der Waals surface area contributed by atoms with Gasteiger partial charge in [-0.3, -0.25) is 9.78 Å². The van der Waals surface area contributed by atoms with Gasteiger partial charge in [-0.25, -0.2) is 4.39 Å². The Morgan fingerprint density at radius 2 is 2.33 bits per heavy atom. The van der Waals surface area contributed by atoms with Crippen molar-refractivity contribution < 1.29 is 31.7 Å². The third-order valence-electron chi connectivity index (χ3n) is 4.42. The van der Waals surface area contributed by atoms with Gasteiger partial charge in [-0.05, 0) is 63.6 Å². The molecule has 6 nitrogen and oxygen atoms in total. The first-order valence-electron chi connectivity index (χ1n) is 16.0. The predicted octanol–water partition coefficient (Wildman–Crippen LogP) is 4.93. The number of pyridine rings is 1. The molecule has 0 bridgehead atoms. The van der Waals surface area contributed by atoms with Crippen molar-refractivity contribution in [3.63, 3.8) is 0 Å². The first kappa shape index (κ1) is 11.9. The average Bonchev–Trinajstić information content (AvgIpc) is 2.95. The van der Waals surface area contributed by atoms with E-state index in [0.29, 0.717) is 11.0 Å². The van der Waals surface area contributed by atoms with Crippen molar-refractivity contribution in [1.82, 2.24) is 9.88 Å². The van der Waals surface area contributed by atoms with E-state index in [9.17, 15) is 14.4 Å². The molecule has 3 aromatic rings. The zero-order valence-corrected chi connectivity index (χ0v) is 17.6. The Balaban J connectivity index is 2.24. The highest BCUT2D eigenvalue weighted by atomic mass is 19.1. The number of anilines is 2. The summed E-state index contributed by atoms with van der Waals surface area (Å²) >= 11 is 0. The molecule has 2 aromatic carbocycles. The fourth-order valence-corrected chi connectivity index (χ4v) is 2.93. The van der Waals surface area contributed by atoms with Crippen LogP contribution in [0, 0.1) is 24.1 Å². The molecule has 0 atom stereocenters. The van der Waals surface area contributed by atoms with Crippen LogP contribution in [0.4, 0.5) is 15.8 Å². The number of fused-ring (bicyclic) bond motifs is 1. The van der Waals surface area contributed by atoms with Crippen molar-refractivity contribution in [2.75, 3.05) is 32.4 Å². The third kappa shape index (κ3) is 5.93. The van der Waals surface area contributed by atoms with Crippen molar-refractivity contribution in [3.8, 4) is 11.8 Å². The Morgan fingerprint density at radius 3 is 3.09 bits per heavy atom. The molecule has 0 amide bonds. The highest BCUT2D eigenvalue weighted by Crippen LogP contribution is 2.34. The van der Waals surface area contributed by atoms with Gasteiger partial charge in [0.2, 0.25) is 0 Å². The van der Waals surface area contributed by atoms with Gasteiger partial charge in [0.05, 0.1) is 30.2 Å². The van der Waals surface area contributed by atoms with Gasteiger partial charge in [0.1, 0.15) is 17.6 Å². The van der Waals surface area contributed by atoms with Gasteiger partial charge in [-0.2, -0.15) is 5.26 Å². The summed E-state index contributed by atoms with van der Waals surface area (Å²) in [5.74, 6) is -2.36. The lowest BCUT2D eigenvalue weighted by Crippen LogP contribution is -2.11. The summed E-state index contributed by atoms with van der Waals surface area (Å²) in [5, 5.41) is 12.6. The lowest BCUT2D eigenvalue weighted by Gasteiger charge is -2.15. The molecule has 0 aliphatic rings. The maximum Gasteiger partial charge on any atom is 0.159 e. The Bertz CT molecular complexity index is 1740. The molecule has 0 saturated heterocycles. The van der Waals surface area contributed by atoms with E-state index in [1.807, 2.05) is 6.07 Å². The van der Waals surface area contributed by atoms with Gasteiger partial charge in [0.15, 0.2) is 5.78 Å². The van der Waals surface area contributed by atoms with Crippen LogP contribution in [0.1, 0.15) is 41.4 Å². The van der Waals surface area contributed by atoms with E-state index in [1.165, 1.54) is 13.0 Å². The smallest absolute Gasteiger partial charge is 0.159 e. The van der Waals surface area contributed by atoms with Gasteiger partial charge in [-0.15, -0.1) is 0 Å². The molecule has 0 radical (unpaired) electrons. The molecule has 3 rings (SSSR count). The van der Waals surface area contributed by atoms with Crippen LogP contribution < -0.4 is 10.1 Å². The van der Waals surface area contributed by atoms with Gasteiger partial charge >= 0.3 is 0 Å². The maximum atomic E-state index is 14.4. The molecule has 0 fully saturated rings. The molecule has 33 heavy (non-hydrogen) atoms. The minimum absolute atomic E-state index is 0.0248. The fraction of sp³-hybridized carbons (Fsp3) is 0.269. The summed E-state index contributed by atoms with van der Waals surface area (Å²) in [6.07, 6.45) is 1.87. The zero-order valence-electron chi connectivity index (χ0n) is 30.6. The van der Waals surface area contributed by atoms with E-state index in [1.54, 1.807) is 0 Å². The minimum atomic E-state index is -3.28. The summed E-state index contributed by atoms with van der Waals surface area (Å²) in [5.41, 5.74) is -0.996. The lowest BCUT2D eigenvalue weighted by atomic mass is 10.0. The molecule has 0 unspecified atom stereocenters. The SMILES string of the molecule is [2H]c1c([2H])c(Nc2c(C#N)cnc3cc(OC([2H])([2H])C([2H])([2H])[2H])c(CC(=O)/C=C/C([2H])([2H])N(C)C([2H])([2H])[2H])cc23)c([2H])c(C)c1F. The topological polar surface area (TPSA) is 78.2 Å². The zero-order chi connectivity index (χ0) is 35.2. The number of halogens is 1. The van der Waals surface area contributed by atoms with Crippen LogP contribution in [0.15, 0.2) is 48.6 Å². The van der Waals surface area contributed by atoms with Crippen LogP contribution in [-0.4, -0.2) is 42.7 Å². The number of benzene rings is 2. The molecule has 7 heteroatoms. The number of hydrogen-bond donors (Lipinski definition) is 1. The maximum absolute atomic E-state index is 14.4. The number of rotatable bonds is 9. The standard InChI is InChI=1S/C26H27FN4O2/c1-5-33-25-14-24-22(13-18(25)12-21(32)7-6-10-31(3)4)26(19(15-28)16-29-24)30-20-8-9-23(27)17(2)11-20/h6-9,11,13-14,16H,5,10,12H2,1-4H3,(H,29,30)/b7-6+/i1D3,3D3,5D2,8D,9D,10D2,11D. The molecule has 170 valence electrons. The number of nitriles is 1. The number of ketones is 1. The number of hydrogen-bond acceptors (Lipinski definition) is 6. The quantitative estimate of drug-likeness (QED) is 0.457. The number of carbonyl (C=O) groups is 1. The van der Waals surface area contributed by atoms with E-state index in [-0.39, 0.29) is 39.0 Å². The third-order valence-corrected chi connectivity index (χ3v) is 4.42. The molecule has 0 aliphatic carbocycles. The average molecular weight is 460 g/mol. The van der Waals surface area contributed by atoms with E-state index >= 15 is 0 Å². The number of aromatic nitrogens is 1. The van der Waals surface area contributed by atoms with Crippen molar-refractivity contribution in [3.05, 3.63) is 71.1 Å². The summed E-state index contributed by atoms with van der Waals surface area (Å²) in [6, 6.07) is 2.20. The summed E-state index contributed by atoms with van der Waals surface area (Å²) in [7, 11) is 0.985. The van der Waals surface area contributed by atoms with Crippen molar-refractivity contribution in [1.29, 1.82) is 5.26 Å². The normalized spacial score (nSPS) is 18.6. The monoisotopic (exact) mass is 459 g/mol. The van der Waals surface area contributed by atoms with Crippen molar-refractivity contribution in [2.45, 2.75) is 20.2 Å². The van der Waals surface area contributed by atoms with Crippen LogP contribution in [0.2, 0.25) is 0 Å². The number of ether oxygens (including phenoxy) is 1. The number of likely N-dealkylation sites (N-methyl/N-ethyl adjacent to an activating group) is 1. The Kier molecular flexibility index (Phi) is 3.87. The van der Waals surface area contributed by atoms with E-state index in [4.69, 9.17) is 22.6 Å². The van der Waals surface area contributed by atoms with Crippen LogP contribution in [0.25, 0.3) is 10.9 Å². The van der Waals surface area contributed by atoms with E-state index in [2.05, 4.69) is 10.3 Å². The molecular weight excluding hydrogens is 419 g/mol. The summed E-state index contributed by atoms with van der Waals surface area (Å²) in [4.78, 5) is 17.6. The van der Waals surface area contributed by atoms with Crippen LogP contribution >= 0.6 is 0 Å². The van der Waals surface area contributed by atoms with E-state index < -0.39 is 68.8 Å². The number of nitrogens with one attached hydrogen (secondary N) is 1. The molecule has 1 aromatic heterocycles. The van der Waals surface area contributed by atoms with Crippen LogP contribution in [0.5, 0.6) is 5.75 Å². The van der Waals surface area contributed by atoms with E-state index in [0.717, 1.165) is 25.4 Å². The largest absolute Gasteiger partial charge is 0.494 e. The molecule has 0 saturated carbocycles. The summed E-state index contributed by atoms with van der Waals surface area (Å²) in [6.45, 7) is -10.8. The first-order valence-corrected chi connectivity index (χ1v) is 9.46. The molecule has 1 N–H and O–H groups in total. The Morgan fingerprint density at radius 1 is 1.48 bits per heavy atom. The number of nitrogens with zero attached hydrogens (tertiary/aromatic N) is 3. The van der Waals surface area contributed by atoms with Crippen molar-refractivity contribution >= 4 is 28.1 Å². The number of allylic oxidation sites excluding steroid dienone is 1. The highest BCUT2D eigenvalue weighted by molar-refractivity contribution is 5.98. The molecule has 1 heterocycles. The second-order valence-electron chi connectivity index (χ2n) is 6.82. The Hall–Kier alpha value is -3.76. The second-order valence-corrected chi connectivity index (χ2v) is 6.82.